The van der Waals surface area contributed by atoms with E-state index in [0.717, 1.165) is 29.8 Å². The second kappa shape index (κ2) is 11.4. The first-order chi connectivity index (χ1) is 16.6. The number of anilines is 1. The molecule has 1 heterocycles. The minimum absolute atomic E-state index is 0.0653. The van der Waals surface area contributed by atoms with Crippen LogP contribution in [-0.2, 0) is 6.42 Å². The van der Waals surface area contributed by atoms with Gasteiger partial charge in [0, 0.05) is 35.8 Å². The van der Waals surface area contributed by atoms with E-state index >= 15 is 0 Å². The monoisotopic (exact) mass is 462 g/mol. The molecular weight excluding hydrogens is 432 g/mol. The lowest BCUT2D eigenvalue weighted by molar-refractivity contribution is 0.0927. The normalized spacial score (nSPS) is 13.8. The van der Waals surface area contributed by atoms with Crippen LogP contribution in [0.5, 0.6) is 5.75 Å². The van der Waals surface area contributed by atoms with Crippen LogP contribution in [0, 0.1) is 0 Å². The number of hydrogen-bond acceptors (Lipinski definition) is 5. The van der Waals surface area contributed by atoms with Gasteiger partial charge in [-0.05, 0) is 61.4 Å². The molecule has 3 N–H and O–H groups in total. The number of amides is 3. The number of carbonyl (C=O) groups excluding carboxylic acids is 2. The molecule has 0 bridgehead atoms. The molecule has 0 atom stereocenters. The van der Waals surface area contributed by atoms with Gasteiger partial charge in [-0.15, -0.1) is 0 Å². The molecule has 0 aliphatic heterocycles. The molecule has 4 rings (SSSR count). The fraction of sp³-hybridized carbons (Fsp3) is 0.346. The van der Waals surface area contributed by atoms with Gasteiger partial charge in [-0.1, -0.05) is 19.3 Å². The van der Waals surface area contributed by atoms with Gasteiger partial charge >= 0.3 is 6.03 Å². The zero-order valence-electron chi connectivity index (χ0n) is 19.3. The fourth-order valence-corrected chi connectivity index (χ4v) is 3.99. The molecule has 1 saturated carbocycles. The number of methoxy groups -OCH3 is 1. The first-order valence-corrected chi connectivity index (χ1v) is 11.7. The van der Waals surface area contributed by atoms with Crippen LogP contribution in [0.1, 0.15) is 48.2 Å². The van der Waals surface area contributed by atoms with Crippen molar-refractivity contribution in [2.75, 3.05) is 19.0 Å². The number of aromatic nitrogens is 1. The zero-order chi connectivity index (χ0) is 23.8. The number of benzene rings is 2. The average molecular weight is 463 g/mol. The van der Waals surface area contributed by atoms with E-state index in [1.54, 1.807) is 37.6 Å². The highest BCUT2D eigenvalue weighted by atomic mass is 16.5. The average Bonchev–Trinajstić information content (AvgIpc) is 3.34. The molecule has 0 saturated heterocycles. The number of nitrogens with zero attached hydrogens (tertiary/aromatic N) is 1. The molecule has 2 aromatic carbocycles. The number of hydrogen-bond donors (Lipinski definition) is 3. The van der Waals surface area contributed by atoms with E-state index in [1.807, 2.05) is 24.3 Å². The van der Waals surface area contributed by atoms with Gasteiger partial charge in [0.15, 0.2) is 0 Å². The maximum atomic E-state index is 12.4. The minimum atomic E-state index is -0.321. The second-order valence-electron chi connectivity index (χ2n) is 8.39. The van der Waals surface area contributed by atoms with Crippen molar-refractivity contribution >= 4 is 17.6 Å². The number of oxazole rings is 1. The Hall–Kier alpha value is -3.81. The van der Waals surface area contributed by atoms with Crippen LogP contribution in [0.4, 0.5) is 10.5 Å². The largest absolute Gasteiger partial charge is 0.497 e. The zero-order valence-corrected chi connectivity index (χ0v) is 19.3. The van der Waals surface area contributed by atoms with E-state index in [2.05, 4.69) is 20.9 Å². The van der Waals surface area contributed by atoms with E-state index in [4.69, 9.17) is 9.15 Å². The van der Waals surface area contributed by atoms with Gasteiger partial charge in [-0.2, -0.15) is 0 Å². The molecule has 8 nitrogen and oxygen atoms in total. The van der Waals surface area contributed by atoms with E-state index < -0.39 is 0 Å². The highest BCUT2D eigenvalue weighted by Crippen LogP contribution is 2.22. The fourth-order valence-electron chi connectivity index (χ4n) is 3.99. The summed E-state index contributed by atoms with van der Waals surface area (Å²) in [7, 11) is 1.62. The lowest BCUT2D eigenvalue weighted by Crippen LogP contribution is -2.36. The lowest BCUT2D eigenvalue weighted by Gasteiger charge is -2.22. The predicted octanol–water partition coefficient (Wildman–Crippen LogP) is 4.78. The summed E-state index contributed by atoms with van der Waals surface area (Å²) < 4.78 is 10.7. The molecule has 34 heavy (non-hydrogen) atoms. The highest BCUT2D eigenvalue weighted by Gasteiger charge is 2.16. The highest BCUT2D eigenvalue weighted by molar-refractivity contribution is 5.95. The van der Waals surface area contributed by atoms with Gasteiger partial charge in [0.25, 0.3) is 5.91 Å². The van der Waals surface area contributed by atoms with Gasteiger partial charge in [-0.25, -0.2) is 9.78 Å². The van der Waals surface area contributed by atoms with Crippen molar-refractivity contribution in [2.24, 2.45) is 0 Å². The third-order valence-electron chi connectivity index (χ3n) is 5.90. The van der Waals surface area contributed by atoms with E-state index in [1.165, 1.54) is 19.3 Å². The smallest absolute Gasteiger partial charge is 0.319 e. The Morgan fingerprint density at radius 3 is 2.47 bits per heavy atom. The van der Waals surface area contributed by atoms with Crippen LogP contribution in [0.2, 0.25) is 0 Å². The Balaban J connectivity index is 1.20. The van der Waals surface area contributed by atoms with Crippen molar-refractivity contribution < 1.29 is 18.7 Å². The molecular formula is C26H30N4O4. The molecule has 1 fully saturated rings. The molecule has 0 radical (unpaired) electrons. The summed E-state index contributed by atoms with van der Waals surface area (Å²) >= 11 is 0. The molecule has 8 heteroatoms. The van der Waals surface area contributed by atoms with Crippen molar-refractivity contribution in [1.82, 2.24) is 15.6 Å². The molecule has 3 amide bonds. The number of ether oxygens (including phenoxy) is 1. The summed E-state index contributed by atoms with van der Waals surface area (Å²) in [5, 5.41) is 8.69. The van der Waals surface area contributed by atoms with Crippen molar-refractivity contribution in [3.8, 4) is 17.2 Å². The van der Waals surface area contributed by atoms with E-state index in [9.17, 15) is 9.59 Å². The van der Waals surface area contributed by atoms with Crippen LogP contribution in [0.15, 0.2) is 59.2 Å². The van der Waals surface area contributed by atoms with Crippen molar-refractivity contribution in [3.05, 3.63) is 66.1 Å². The molecule has 1 aliphatic carbocycles. The Morgan fingerprint density at radius 2 is 1.76 bits per heavy atom. The van der Waals surface area contributed by atoms with Gasteiger partial charge < -0.3 is 25.1 Å². The van der Waals surface area contributed by atoms with Gasteiger partial charge in [0.1, 0.15) is 12.0 Å². The van der Waals surface area contributed by atoms with Crippen LogP contribution >= 0.6 is 0 Å². The molecule has 0 unspecified atom stereocenters. The Labute approximate surface area is 199 Å². The van der Waals surface area contributed by atoms with Crippen molar-refractivity contribution in [1.29, 1.82) is 0 Å². The molecule has 178 valence electrons. The number of nitrogens with one attached hydrogen (secondary N) is 3. The molecule has 1 aromatic heterocycles. The third-order valence-corrected chi connectivity index (χ3v) is 5.90. The van der Waals surface area contributed by atoms with E-state index in [-0.39, 0.29) is 18.0 Å². The summed E-state index contributed by atoms with van der Waals surface area (Å²) in [6, 6.07) is 14.3. The molecule has 0 spiro atoms. The van der Waals surface area contributed by atoms with Crippen LogP contribution in [0.25, 0.3) is 11.5 Å². The SMILES string of the molecule is COc1ccc(-c2nc(CCNC(=O)Nc3ccc(C(=O)NC4CCCCC4)cc3)co2)cc1. The lowest BCUT2D eigenvalue weighted by atomic mass is 9.95. The summed E-state index contributed by atoms with van der Waals surface area (Å²) in [6.45, 7) is 0.405. The Morgan fingerprint density at radius 1 is 1.03 bits per heavy atom. The summed E-state index contributed by atoms with van der Waals surface area (Å²) in [4.78, 5) is 29.1. The first kappa shape index (κ1) is 23.4. The number of urea groups is 1. The van der Waals surface area contributed by atoms with Crippen LogP contribution in [0.3, 0.4) is 0 Å². The first-order valence-electron chi connectivity index (χ1n) is 11.7. The third kappa shape index (κ3) is 6.37. The maximum absolute atomic E-state index is 12.4. The summed E-state index contributed by atoms with van der Waals surface area (Å²) in [5.41, 5.74) is 2.82. The van der Waals surface area contributed by atoms with Crippen molar-refractivity contribution in [2.45, 2.75) is 44.6 Å². The van der Waals surface area contributed by atoms with Crippen LogP contribution < -0.4 is 20.7 Å². The van der Waals surface area contributed by atoms with Crippen molar-refractivity contribution in [3.63, 3.8) is 0 Å². The number of carbonyl (C=O) groups is 2. The maximum Gasteiger partial charge on any atom is 0.319 e. The quantitative estimate of drug-likeness (QED) is 0.447. The Kier molecular flexibility index (Phi) is 7.80. The second-order valence-corrected chi connectivity index (χ2v) is 8.39. The Bertz CT molecular complexity index is 1090. The van der Waals surface area contributed by atoms with Crippen LogP contribution in [-0.4, -0.2) is 36.6 Å². The summed E-state index contributed by atoms with van der Waals surface area (Å²) in [6.07, 6.45) is 7.81. The number of rotatable bonds is 8. The van der Waals surface area contributed by atoms with Gasteiger partial charge in [-0.3, -0.25) is 4.79 Å². The standard InChI is InChI=1S/C26H30N4O4/c1-33-23-13-9-19(10-14-23)25-29-22(17-34-25)15-16-27-26(32)30-21-11-7-18(8-12-21)24(31)28-20-5-3-2-4-6-20/h7-14,17,20H,2-6,15-16H2,1H3,(H,28,31)(H2,27,30,32). The van der Waals surface area contributed by atoms with E-state index in [0.29, 0.717) is 30.1 Å². The molecule has 3 aromatic rings. The van der Waals surface area contributed by atoms with Gasteiger partial charge in [0.2, 0.25) is 5.89 Å². The molecule has 1 aliphatic rings. The predicted molar refractivity (Wildman–Crippen MR) is 130 cm³/mol. The minimum Gasteiger partial charge on any atom is -0.497 e. The topological polar surface area (TPSA) is 105 Å². The van der Waals surface area contributed by atoms with Gasteiger partial charge in [0.05, 0.1) is 12.8 Å². The summed E-state index contributed by atoms with van der Waals surface area (Å²) in [5.74, 6) is 1.22.